The van der Waals surface area contributed by atoms with Crippen LogP contribution in [0.2, 0.25) is 0 Å². The van der Waals surface area contributed by atoms with Crippen LogP contribution in [0.25, 0.3) is 12.2 Å². The first-order valence-electron chi connectivity index (χ1n) is 15.7. The molecule has 2 aromatic carbocycles. The second kappa shape index (κ2) is 16.5. The maximum atomic E-state index is 10.5. The maximum absolute atomic E-state index is 10.5. The molecule has 18 nitrogen and oxygen atoms in total. The molecule has 0 aliphatic carbocycles. The van der Waals surface area contributed by atoms with Gasteiger partial charge in [0, 0.05) is 6.07 Å². The third-order valence-corrected chi connectivity index (χ3v) is 8.55. The molecule has 12 N–H and O–H groups in total. The Kier molecular flexibility index (Phi) is 12.6. The summed E-state index contributed by atoms with van der Waals surface area (Å²) >= 11 is 0. The third-order valence-electron chi connectivity index (χ3n) is 8.55. The monoisotopic (exact) mass is 714 g/mol. The molecule has 3 saturated heterocycles. The fraction of sp³-hybridized carbons (Fsp3) is 0.562. The van der Waals surface area contributed by atoms with Crippen LogP contribution in [0, 0.1) is 0 Å². The number of aliphatic hydroxyl groups is 12. The van der Waals surface area contributed by atoms with Crippen LogP contribution in [-0.4, -0.2) is 173 Å². The van der Waals surface area contributed by atoms with Crippen molar-refractivity contribution in [3.8, 4) is 17.2 Å². The zero-order valence-electron chi connectivity index (χ0n) is 26.3. The predicted molar refractivity (Wildman–Crippen MR) is 165 cm³/mol. The van der Waals surface area contributed by atoms with E-state index in [9.17, 15) is 61.3 Å². The van der Waals surface area contributed by atoms with Gasteiger partial charge in [-0.15, -0.1) is 0 Å². The quantitative estimate of drug-likeness (QED) is 0.0975. The topological polar surface area (TPSA) is 298 Å². The minimum absolute atomic E-state index is 0.0145. The highest BCUT2D eigenvalue weighted by molar-refractivity contribution is 5.71. The first kappa shape index (κ1) is 38.2. The lowest BCUT2D eigenvalue weighted by Gasteiger charge is -2.40. The normalized spacial score (nSPS) is 39.3. The maximum Gasteiger partial charge on any atom is 0.229 e. The van der Waals surface area contributed by atoms with Gasteiger partial charge >= 0.3 is 0 Å². The summed E-state index contributed by atoms with van der Waals surface area (Å²) in [6.07, 6.45) is -19.7. The van der Waals surface area contributed by atoms with Crippen molar-refractivity contribution in [1.82, 2.24) is 0 Å². The van der Waals surface area contributed by atoms with E-state index in [2.05, 4.69) is 0 Å². The van der Waals surface area contributed by atoms with Crippen LogP contribution in [0.3, 0.4) is 0 Å². The van der Waals surface area contributed by atoms with Gasteiger partial charge < -0.3 is 89.7 Å². The molecule has 2 aromatic rings. The Morgan fingerprint density at radius 2 is 0.760 bits per heavy atom. The van der Waals surface area contributed by atoms with Gasteiger partial charge in [-0.3, -0.25) is 0 Å². The van der Waals surface area contributed by atoms with E-state index in [0.717, 1.165) is 0 Å². The van der Waals surface area contributed by atoms with Crippen molar-refractivity contribution >= 4 is 12.2 Å². The van der Waals surface area contributed by atoms with Crippen molar-refractivity contribution in [2.75, 3.05) is 19.8 Å². The smallest absolute Gasteiger partial charge is 0.229 e. The van der Waals surface area contributed by atoms with Crippen molar-refractivity contribution in [3.05, 3.63) is 53.6 Å². The van der Waals surface area contributed by atoms with Crippen LogP contribution in [0.4, 0.5) is 0 Å². The summed E-state index contributed by atoms with van der Waals surface area (Å²) in [5, 5.41) is 120. The van der Waals surface area contributed by atoms with Crippen LogP contribution >= 0.6 is 0 Å². The van der Waals surface area contributed by atoms with Gasteiger partial charge in [0.15, 0.2) is 0 Å². The van der Waals surface area contributed by atoms with E-state index in [1.807, 2.05) is 0 Å². The lowest BCUT2D eigenvalue weighted by Crippen LogP contribution is -2.60. The fourth-order valence-corrected chi connectivity index (χ4v) is 5.57. The summed E-state index contributed by atoms with van der Waals surface area (Å²) in [6.45, 7) is -1.99. The fourth-order valence-electron chi connectivity index (χ4n) is 5.57. The van der Waals surface area contributed by atoms with Crippen molar-refractivity contribution < 1.29 is 89.7 Å². The molecule has 0 spiro atoms. The highest BCUT2D eigenvalue weighted by Crippen LogP contribution is 2.32. The molecule has 50 heavy (non-hydrogen) atoms. The predicted octanol–water partition coefficient (Wildman–Crippen LogP) is -4.61. The first-order valence-corrected chi connectivity index (χ1v) is 15.7. The molecule has 5 rings (SSSR count). The van der Waals surface area contributed by atoms with Crippen LogP contribution in [0.15, 0.2) is 42.5 Å². The zero-order chi connectivity index (χ0) is 36.3. The minimum atomic E-state index is -1.73. The van der Waals surface area contributed by atoms with Crippen molar-refractivity contribution in [3.63, 3.8) is 0 Å². The molecule has 3 aliphatic heterocycles. The summed E-state index contributed by atoms with van der Waals surface area (Å²) in [6, 6.07) is 10.6. The molecule has 3 aliphatic rings. The zero-order valence-corrected chi connectivity index (χ0v) is 26.3. The average molecular weight is 715 g/mol. The standard InChI is InChI=1S/C32H42O18/c33-10-18-21(36)24(39)27(42)30(48-18)45-15-5-3-13(4-6-15)1-2-14-7-16(46-31-28(43)25(40)22(37)19(11-34)49-31)9-17(8-14)47-32-29(44)26(41)23(38)20(12-35)50-32/h1-9,18-44H,10-12H2/b2-1+. The molecule has 0 saturated carbocycles. The number of benzene rings is 2. The lowest BCUT2D eigenvalue weighted by atomic mass is 9.99. The van der Waals surface area contributed by atoms with Crippen LogP contribution in [0.5, 0.6) is 17.2 Å². The van der Waals surface area contributed by atoms with Gasteiger partial charge in [0.2, 0.25) is 18.9 Å². The van der Waals surface area contributed by atoms with Gasteiger partial charge in [-0.05, 0) is 35.4 Å². The Hall–Kier alpha value is -3.02. The molecule has 0 bridgehead atoms. The van der Waals surface area contributed by atoms with Gasteiger partial charge in [0.05, 0.1) is 19.8 Å². The lowest BCUT2D eigenvalue weighted by molar-refractivity contribution is -0.278. The van der Waals surface area contributed by atoms with Gasteiger partial charge in [-0.1, -0.05) is 24.3 Å². The molecule has 18 heteroatoms. The first-order chi connectivity index (χ1) is 23.8. The molecule has 15 unspecified atom stereocenters. The minimum Gasteiger partial charge on any atom is -0.462 e. The molecule has 0 aromatic heterocycles. The SMILES string of the molecule is OCC1OC(Oc2ccc(/C=C/c3cc(OC4OC(CO)C(O)C(O)C4O)cc(OC4OC(CO)C(O)C(O)C4O)c3)cc2)C(O)C(O)C1O. The number of hydrogen-bond donors (Lipinski definition) is 12. The van der Waals surface area contributed by atoms with Crippen LogP contribution < -0.4 is 14.2 Å². The molecule has 3 heterocycles. The largest absolute Gasteiger partial charge is 0.462 e. The van der Waals surface area contributed by atoms with Crippen LogP contribution in [-0.2, 0) is 14.2 Å². The molecule has 3 fully saturated rings. The van der Waals surface area contributed by atoms with E-state index in [1.54, 1.807) is 24.3 Å². The van der Waals surface area contributed by atoms with E-state index in [1.165, 1.54) is 30.3 Å². The second-order valence-corrected chi connectivity index (χ2v) is 12.1. The van der Waals surface area contributed by atoms with Gasteiger partial charge in [0.1, 0.15) is 90.5 Å². The summed E-state index contributed by atoms with van der Waals surface area (Å²) in [7, 11) is 0. The van der Waals surface area contributed by atoms with Gasteiger partial charge in [-0.25, -0.2) is 0 Å². The third kappa shape index (κ3) is 8.37. The van der Waals surface area contributed by atoms with E-state index >= 15 is 0 Å². The Morgan fingerprint density at radius 1 is 0.420 bits per heavy atom. The van der Waals surface area contributed by atoms with Crippen LogP contribution in [0.1, 0.15) is 11.1 Å². The van der Waals surface area contributed by atoms with E-state index in [0.29, 0.717) is 11.1 Å². The summed E-state index contributed by atoms with van der Waals surface area (Å²) in [5.74, 6) is 0.204. The summed E-state index contributed by atoms with van der Waals surface area (Å²) in [5.41, 5.74) is 1.02. The van der Waals surface area contributed by atoms with E-state index < -0.39 is 112 Å². The molecule has 278 valence electrons. The molecular weight excluding hydrogens is 672 g/mol. The number of ether oxygens (including phenoxy) is 6. The second-order valence-electron chi connectivity index (χ2n) is 12.1. The highest BCUT2D eigenvalue weighted by atomic mass is 16.7. The Morgan fingerprint density at radius 3 is 1.12 bits per heavy atom. The summed E-state index contributed by atoms with van der Waals surface area (Å²) in [4.78, 5) is 0. The van der Waals surface area contributed by atoms with E-state index in [-0.39, 0.29) is 17.2 Å². The number of rotatable bonds is 11. The Balaban J connectivity index is 1.36. The van der Waals surface area contributed by atoms with Crippen molar-refractivity contribution in [2.24, 2.45) is 0 Å². The molecule has 0 amide bonds. The molecule has 15 atom stereocenters. The molecular formula is C32H42O18. The van der Waals surface area contributed by atoms with Crippen molar-refractivity contribution in [2.45, 2.75) is 92.1 Å². The van der Waals surface area contributed by atoms with Crippen molar-refractivity contribution in [1.29, 1.82) is 0 Å². The van der Waals surface area contributed by atoms with E-state index in [4.69, 9.17) is 28.4 Å². The number of aliphatic hydroxyl groups excluding tert-OH is 12. The highest BCUT2D eigenvalue weighted by Gasteiger charge is 2.47. The van der Waals surface area contributed by atoms with Gasteiger partial charge in [-0.2, -0.15) is 0 Å². The Labute approximate surface area is 284 Å². The average Bonchev–Trinajstić information content (AvgIpc) is 3.11. The van der Waals surface area contributed by atoms with Gasteiger partial charge in [0.25, 0.3) is 0 Å². The number of hydrogen-bond acceptors (Lipinski definition) is 18. The Bertz CT molecular complexity index is 1350. The molecule has 0 radical (unpaired) electrons. The summed E-state index contributed by atoms with van der Waals surface area (Å²) < 4.78 is 33.4.